The van der Waals surface area contributed by atoms with Crippen LogP contribution >= 0.6 is 0 Å². The van der Waals surface area contributed by atoms with E-state index in [0.717, 1.165) is 39.9 Å². The highest BCUT2D eigenvalue weighted by Crippen LogP contribution is 2.60. The van der Waals surface area contributed by atoms with E-state index in [1.54, 1.807) is 0 Å². The summed E-state index contributed by atoms with van der Waals surface area (Å²) in [7, 11) is 0. The second-order valence-corrected chi connectivity index (χ2v) is 15.0. The van der Waals surface area contributed by atoms with Crippen LogP contribution in [0.4, 0.5) is 34.1 Å². The lowest BCUT2D eigenvalue weighted by atomic mass is 9.73. The minimum atomic E-state index is -0.276. The number of anilines is 6. The lowest BCUT2D eigenvalue weighted by Crippen LogP contribution is -2.32. The van der Waals surface area contributed by atoms with Crippen molar-refractivity contribution in [2.24, 2.45) is 0 Å². The molecule has 51 heavy (non-hydrogen) atoms. The Morgan fingerprint density at radius 3 is 1.90 bits per heavy atom. The summed E-state index contributed by atoms with van der Waals surface area (Å²) in [5, 5.41) is 0. The molecule has 0 spiro atoms. The smallest absolute Gasteiger partial charge is 0.151 e. The number of hydrogen-bond donors (Lipinski definition) is 0. The first-order valence-electron chi connectivity index (χ1n) is 17.9. The van der Waals surface area contributed by atoms with Crippen molar-refractivity contribution in [2.75, 3.05) is 9.80 Å². The standard InChI is InChI=1S/C48H38N2O/c1-47(2)38-19-9-8-18-36(38)37-26-24-34(29-40(37)47)49(33-17-12-16-32(28-33)31-14-6-5-7-15-31)35-25-27-42-41(30-35)48(3,4)39-20-13-23-45-46(39)50(42)43-21-10-11-22-44(43)51-45/h5-30H,1-4H3. The maximum absolute atomic E-state index is 6.48. The molecule has 0 N–H and O–H groups in total. The predicted molar refractivity (Wildman–Crippen MR) is 211 cm³/mol. The van der Waals surface area contributed by atoms with Crippen molar-refractivity contribution >= 4 is 34.1 Å². The molecule has 2 heterocycles. The summed E-state index contributed by atoms with van der Waals surface area (Å²) < 4.78 is 6.48. The molecule has 3 nitrogen and oxygen atoms in total. The minimum absolute atomic E-state index is 0.109. The van der Waals surface area contributed by atoms with Gasteiger partial charge in [0, 0.05) is 27.9 Å². The fraction of sp³-hybridized carbons (Fsp3) is 0.125. The average molecular weight is 659 g/mol. The van der Waals surface area contributed by atoms with Gasteiger partial charge in [-0.2, -0.15) is 0 Å². The second-order valence-electron chi connectivity index (χ2n) is 15.0. The van der Waals surface area contributed by atoms with E-state index in [-0.39, 0.29) is 10.8 Å². The van der Waals surface area contributed by atoms with Gasteiger partial charge in [-0.05, 0) is 105 Å². The van der Waals surface area contributed by atoms with E-state index in [1.807, 2.05) is 6.07 Å². The summed E-state index contributed by atoms with van der Waals surface area (Å²) in [6.45, 7) is 9.40. The van der Waals surface area contributed by atoms with E-state index in [9.17, 15) is 0 Å². The Morgan fingerprint density at radius 1 is 0.431 bits per heavy atom. The second kappa shape index (κ2) is 10.7. The number of para-hydroxylation sites is 3. The van der Waals surface area contributed by atoms with Crippen molar-refractivity contribution in [3.63, 3.8) is 0 Å². The molecule has 0 fully saturated rings. The lowest BCUT2D eigenvalue weighted by Gasteiger charge is -2.45. The maximum Gasteiger partial charge on any atom is 0.151 e. The summed E-state index contributed by atoms with van der Waals surface area (Å²) in [4.78, 5) is 4.85. The Hall–Kier alpha value is -6.06. The highest BCUT2D eigenvalue weighted by molar-refractivity contribution is 5.95. The van der Waals surface area contributed by atoms with Gasteiger partial charge in [0.25, 0.3) is 0 Å². The molecular weight excluding hydrogens is 621 g/mol. The number of hydrogen-bond acceptors (Lipinski definition) is 3. The molecule has 0 radical (unpaired) electrons. The first kappa shape index (κ1) is 29.8. The fourth-order valence-electron chi connectivity index (χ4n) is 8.79. The van der Waals surface area contributed by atoms with Gasteiger partial charge in [0.15, 0.2) is 11.5 Å². The molecule has 246 valence electrons. The molecule has 0 unspecified atom stereocenters. The third-order valence-corrected chi connectivity index (χ3v) is 11.4. The van der Waals surface area contributed by atoms with E-state index < -0.39 is 0 Å². The van der Waals surface area contributed by atoms with E-state index in [4.69, 9.17) is 4.74 Å². The van der Waals surface area contributed by atoms with Crippen molar-refractivity contribution in [2.45, 2.75) is 38.5 Å². The zero-order chi connectivity index (χ0) is 34.5. The number of rotatable bonds is 4. The molecule has 2 aliphatic heterocycles. The summed E-state index contributed by atoms with van der Waals surface area (Å²) in [6.07, 6.45) is 0. The van der Waals surface area contributed by atoms with Gasteiger partial charge in [0.1, 0.15) is 0 Å². The Morgan fingerprint density at radius 2 is 1.04 bits per heavy atom. The van der Waals surface area contributed by atoms with Crippen LogP contribution < -0.4 is 14.5 Å². The van der Waals surface area contributed by atoms with Crippen molar-refractivity contribution < 1.29 is 4.74 Å². The Bertz CT molecular complexity index is 2530. The maximum atomic E-state index is 6.48. The highest BCUT2D eigenvalue weighted by atomic mass is 16.5. The Labute approximate surface area is 300 Å². The normalized spacial score (nSPS) is 15.1. The molecule has 3 aliphatic rings. The zero-order valence-electron chi connectivity index (χ0n) is 29.3. The Kier molecular flexibility index (Phi) is 6.27. The third-order valence-electron chi connectivity index (χ3n) is 11.4. The van der Waals surface area contributed by atoms with Crippen molar-refractivity contribution in [1.82, 2.24) is 0 Å². The molecule has 10 rings (SSSR count). The molecule has 0 saturated heterocycles. The summed E-state index contributed by atoms with van der Waals surface area (Å²) in [5.41, 5.74) is 16.7. The minimum Gasteiger partial charge on any atom is -0.453 e. The molecular formula is C48H38N2O. The van der Waals surface area contributed by atoms with E-state index in [2.05, 4.69) is 189 Å². The Balaban J connectivity index is 1.19. The number of ether oxygens (including phenoxy) is 1. The molecule has 7 aromatic rings. The number of fused-ring (bicyclic) bond motifs is 7. The summed E-state index contributed by atoms with van der Waals surface area (Å²) >= 11 is 0. The first-order chi connectivity index (χ1) is 24.8. The van der Waals surface area contributed by atoms with E-state index >= 15 is 0 Å². The van der Waals surface area contributed by atoms with Crippen molar-refractivity contribution in [3.05, 3.63) is 180 Å². The molecule has 0 aromatic heterocycles. The topological polar surface area (TPSA) is 15.7 Å². The average Bonchev–Trinajstić information content (AvgIpc) is 3.39. The molecule has 7 aromatic carbocycles. The van der Waals surface area contributed by atoms with Crippen LogP contribution in [0.1, 0.15) is 49.9 Å². The largest absolute Gasteiger partial charge is 0.453 e. The first-order valence-corrected chi connectivity index (χ1v) is 17.9. The van der Waals surface area contributed by atoms with Crippen LogP contribution in [0.25, 0.3) is 22.3 Å². The summed E-state index contributed by atoms with van der Waals surface area (Å²) in [5.74, 6) is 1.77. The quantitative estimate of drug-likeness (QED) is 0.187. The SMILES string of the molecule is CC1(C)c2ccccc2-c2ccc(N(c3cccc(-c4ccccc4)c3)c3ccc4c(c3)C(C)(C)c3cccc5c3N4c3ccccc3O5)cc21. The number of nitrogens with zero attached hydrogens (tertiary/aromatic N) is 2. The molecule has 0 saturated carbocycles. The zero-order valence-corrected chi connectivity index (χ0v) is 29.3. The molecule has 0 bridgehead atoms. The van der Waals surface area contributed by atoms with Crippen molar-refractivity contribution in [1.29, 1.82) is 0 Å². The molecule has 1 aliphatic carbocycles. The van der Waals surface area contributed by atoms with Crippen molar-refractivity contribution in [3.8, 4) is 33.8 Å². The van der Waals surface area contributed by atoms with Gasteiger partial charge in [-0.15, -0.1) is 0 Å². The van der Waals surface area contributed by atoms with Gasteiger partial charge in [-0.1, -0.05) is 125 Å². The predicted octanol–water partition coefficient (Wildman–Crippen LogP) is 13.3. The van der Waals surface area contributed by atoms with Crippen LogP contribution in [0.2, 0.25) is 0 Å². The van der Waals surface area contributed by atoms with Crippen LogP contribution in [-0.2, 0) is 10.8 Å². The van der Waals surface area contributed by atoms with Gasteiger partial charge in [0.05, 0.1) is 17.1 Å². The van der Waals surface area contributed by atoms with Gasteiger partial charge in [-0.3, -0.25) is 0 Å². The van der Waals surface area contributed by atoms with Crippen LogP contribution in [0.15, 0.2) is 158 Å². The molecule has 0 amide bonds. The van der Waals surface area contributed by atoms with Gasteiger partial charge >= 0.3 is 0 Å². The number of benzene rings is 7. The van der Waals surface area contributed by atoms with Gasteiger partial charge in [0.2, 0.25) is 0 Å². The van der Waals surface area contributed by atoms with E-state index in [1.165, 1.54) is 50.2 Å². The fourth-order valence-corrected chi connectivity index (χ4v) is 8.79. The third kappa shape index (κ3) is 4.31. The molecule has 0 atom stereocenters. The van der Waals surface area contributed by atoms with Crippen LogP contribution in [-0.4, -0.2) is 0 Å². The highest BCUT2D eigenvalue weighted by Gasteiger charge is 2.42. The monoisotopic (exact) mass is 658 g/mol. The lowest BCUT2D eigenvalue weighted by molar-refractivity contribution is 0.471. The van der Waals surface area contributed by atoms with E-state index in [0.29, 0.717) is 0 Å². The van der Waals surface area contributed by atoms with Crippen LogP contribution in [0.3, 0.4) is 0 Å². The van der Waals surface area contributed by atoms with Gasteiger partial charge < -0.3 is 14.5 Å². The summed E-state index contributed by atoms with van der Waals surface area (Å²) in [6, 6.07) is 57.4. The van der Waals surface area contributed by atoms with Crippen LogP contribution in [0.5, 0.6) is 11.5 Å². The molecule has 3 heteroatoms. The van der Waals surface area contributed by atoms with Gasteiger partial charge in [-0.25, -0.2) is 0 Å². The van der Waals surface area contributed by atoms with Crippen LogP contribution in [0, 0.1) is 0 Å².